The molecule has 0 bridgehead atoms. The first kappa shape index (κ1) is 9.93. The molecule has 76 valence electrons. The van der Waals surface area contributed by atoms with Crippen LogP contribution in [0.3, 0.4) is 0 Å². The fourth-order valence-electron chi connectivity index (χ4n) is 1.42. The maximum atomic E-state index is 12.0. The van der Waals surface area contributed by atoms with Crippen molar-refractivity contribution in [3.8, 4) is 0 Å². The molecule has 2 rings (SSSR count). The van der Waals surface area contributed by atoms with Crippen molar-refractivity contribution in [1.29, 1.82) is 0 Å². The second-order valence-electron chi connectivity index (χ2n) is 3.36. The van der Waals surface area contributed by atoms with Crippen LogP contribution in [-0.4, -0.2) is 5.78 Å². The Bertz CT molecular complexity index is 502. The molecule has 2 nitrogen and oxygen atoms in total. The molecule has 0 amide bonds. The third kappa shape index (κ3) is 1.92. The van der Waals surface area contributed by atoms with E-state index in [0.717, 1.165) is 10.4 Å². The number of hydrogen-bond acceptors (Lipinski definition) is 3. The van der Waals surface area contributed by atoms with E-state index in [4.69, 9.17) is 5.73 Å². The van der Waals surface area contributed by atoms with Crippen LogP contribution in [0.1, 0.15) is 20.8 Å². The number of benzene rings is 1. The second kappa shape index (κ2) is 3.87. The van der Waals surface area contributed by atoms with Crippen molar-refractivity contribution < 1.29 is 4.79 Å². The van der Waals surface area contributed by atoms with Crippen molar-refractivity contribution in [1.82, 2.24) is 0 Å². The predicted molar refractivity (Wildman–Crippen MR) is 63.3 cm³/mol. The van der Waals surface area contributed by atoms with Crippen molar-refractivity contribution in [2.45, 2.75) is 6.92 Å². The Morgan fingerprint density at radius 3 is 2.67 bits per heavy atom. The van der Waals surface area contributed by atoms with E-state index in [1.54, 1.807) is 23.5 Å². The minimum Gasteiger partial charge on any atom is -0.398 e. The smallest absolute Gasteiger partial charge is 0.195 e. The first-order valence-corrected chi connectivity index (χ1v) is 5.51. The van der Waals surface area contributed by atoms with Gasteiger partial charge in [-0.3, -0.25) is 4.79 Å². The van der Waals surface area contributed by atoms with Crippen molar-refractivity contribution in [3.63, 3.8) is 0 Å². The number of para-hydroxylation sites is 1. The monoisotopic (exact) mass is 217 g/mol. The summed E-state index contributed by atoms with van der Waals surface area (Å²) in [5.41, 5.74) is 7.58. The topological polar surface area (TPSA) is 43.1 Å². The molecule has 0 saturated carbocycles. The van der Waals surface area contributed by atoms with Gasteiger partial charge in [-0.1, -0.05) is 12.1 Å². The molecule has 0 aliphatic heterocycles. The molecule has 0 atom stereocenters. The van der Waals surface area contributed by atoms with Gasteiger partial charge in [-0.05, 0) is 25.1 Å². The average molecular weight is 217 g/mol. The van der Waals surface area contributed by atoms with Crippen LogP contribution >= 0.6 is 11.3 Å². The molecular weight excluding hydrogens is 206 g/mol. The van der Waals surface area contributed by atoms with E-state index in [1.807, 2.05) is 30.5 Å². The second-order valence-corrected chi connectivity index (χ2v) is 4.48. The Morgan fingerprint density at radius 2 is 2.07 bits per heavy atom. The minimum atomic E-state index is -0.00236. The molecule has 2 N–H and O–H groups in total. The summed E-state index contributed by atoms with van der Waals surface area (Å²) in [4.78, 5) is 13.1. The van der Waals surface area contributed by atoms with E-state index in [-0.39, 0.29) is 5.78 Å². The predicted octanol–water partition coefficient (Wildman–Crippen LogP) is 2.87. The first-order chi connectivity index (χ1) is 7.18. The Kier molecular flexibility index (Phi) is 2.56. The summed E-state index contributed by atoms with van der Waals surface area (Å²) in [6.07, 6.45) is 0. The highest BCUT2D eigenvalue weighted by Gasteiger charge is 2.12. The summed E-state index contributed by atoms with van der Waals surface area (Å²) in [6.45, 7) is 1.98. The molecule has 15 heavy (non-hydrogen) atoms. The number of rotatable bonds is 2. The quantitative estimate of drug-likeness (QED) is 0.621. The Morgan fingerprint density at radius 1 is 1.33 bits per heavy atom. The van der Waals surface area contributed by atoms with Crippen LogP contribution in [0.4, 0.5) is 5.69 Å². The normalized spacial score (nSPS) is 10.2. The number of aryl methyl sites for hydroxylation is 1. The molecule has 1 aromatic carbocycles. The molecular formula is C12H11NOS. The van der Waals surface area contributed by atoms with Gasteiger partial charge >= 0.3 is 0 Å². The van der Waals surface area contributed by atoms with Crippen LogP contribution in [0.15, 0.2) is 35.7 Å². The van der Waals surface area contributed by atoms with Crippen LogP contribution in [-0.2, 0) is 0 Å². The SMILES string of the molecule is Cc1cc(C(=O)c2ccccc2N)cs1. The van der Waals surface area contributed by atoms with Crippen LogP contribution in [0.2, 0.25) is 0 Å². The zero-order chi connectivity index (χ0) is 10.8. The fraction of sp³-hybridized carbons (Fsp3) is 0.0833. The van der Waals surface area contributed by atoms with Gasteiger partial charge in [-0.15, -0.1) is 11.3 Å². The maximum Gasteiger partial charge on any atom is 0.195 e. The van der Waals surface area contributed by atoms with E-state index < -0.39 is 0 Å². The van der Waals surface area contributed by atoms with Crippen LogP contribution < -0.4 is 5.73 Å². The number of nitrogen functional groups attached to an aromatic ring is 1. The molecule has 2 aromatic rings. The van der Waals surface area contributed by atoms with E-state index in [1.165, 1.54) is 0 Å². The lowest BCUT2D eigenvalue weighted by Gasteiger charge is -2.01. The van der Waals surface area contributed by atoms with Crippen LogP contribution in [0, 0.1) is 6.92 Å². The Balaban J connectivity index is 2.41. The standard InChI is InChI=1S/C12H11NOS/c1-8-6-9(7-15-8)12(14)10-4-2-3-5-11(10)13/h2-7H,13H2,1H3. The van der Waals surface area contributed by atoms with Crippen molar-refractivity contribution >= 4 is 22.8 Å². The van der Waals surface area contributed by atoms with Gasteiger partial charge in [-0.2, -0.15) is 0 Å². The zero-order valence-electron chi connectivity index (χ0n) is 8.36. The van der Waals surface area contributed by atoms with Gasteiger partial charge in [0, 0.05) is 27.1 Å². The molecule has 0 unspecified atom stereocenters. The third-order valence-electron chi connectivity index (χ3n) is 2.20. The highest BCUT2D eigenvalue weighted by Crippen LogP contribution is 2.20. The fourth-order valence-corrected chi connectivity index (χ4v) is 2.10. The summed E-state index contributed by atoms with van der Waals surface area (Å²) in [5, 5.41) is 1.87. The summed E-state index contributed by atoms with van der Waals surface area (Å²) in [7, 11) is 0. The summed E-state index contributed by atoms with van der Waals surface area (Å²) >= 11 is 1.57. The molecule has 0 fully saturated rings. The van der Waals surface area contributed by atoms with Gasteiger partial charge in [0.25, 0.3) is 0 Å². The molecule has 1 aromatic heterocycles. The molecule has 0 aliphatic carbocycles. The summed E-state index contributed by atoms with van der Waals surface area (Å²) in [5.74, 6) is -0.00236. The Labute approximate surface area is 92.4 Å². The molecule has 0 aliphatic rings. The molecule has 0 saturated heterocycles. The maximum absolute atomic E-state index is 12.0. The van der Waals surface area contributed by atoms with E-state index in [0.29, 0.717) is 11.3 Å². The molecule has 0 radical (unpaired) electrons. The summed E-state index contributed by atoms with van der Waals surface area (Å²) < 4.78 is 0. The minimum absolute atomic E-state index is 0.00236. The summed E-state index contributed by atoms with van der Waals surface area (Å²) in [6, 6.07) is 9.03. The van der Waals surface area contributed by atoms with Crippen LogP contribution in [0.5, 0.6) is 0 Å². The van der Waals surface area contributed by atoms with E-state index in [9.17, 15) is 4.79 Å². The van der Waals surface area contributed by atoms with Gasteiger partial charge in [0.15, 0.2) is 5.78 Å². The van der Waals surface area contributed by atoms with E-state index >= 15 is 0 Å². The lowest BCUT2D eigenvalue weighted by Crippen LogP contribution is -2.03. The van der Waals surface area contributed by atoms with Gasteiger partial charge in [0.05, 0.1) is 0 Å². The number of carbonyl (C=O) groups excluding carboxylic acids is 1. The average Bonchev–Trinajstić information content (AvgIpc) is 2.65. The third-order valence-corrected chi connectivity index (χ3v) is 3.06. The number of thiophene rings is 1. The molecule has 3 heteroatoms. The van der Waals surface area contributed by atoms with Gasteiger partial charge in [-0.25, -0.2) is 0 Å². The van der Waals surface area contributed by atoms with Gasteiger partial charge in [0.1, 0.15) is 0 Å². The van der Waals surface area contributed by atoms with Crippen molar-refractivity contribution in [2.24, 2.45) is 0 Å². The lowest BCUT2D eigenvalue weighted by atomic mass is 10.0. The number of carbonyl (C=O) groups is 1. The number of hydrogen-bond donors (Lipinski definition) is 1. The number of anilines is 1. The van der Waals surface area contributed by atoms with Crippen LogP contribution in [0.25, 0.3) is 0 Å². The van der Waals surface area contributed by atoms with Gasteiger partial charge in [0.2, 0.25) is 0 Å². The number of ketones is 1. The highest BCUT2D eigenvalue weighted by atomic mass is 32.1. The molecule has 0 spiro atoms. The zero-order valence-corrected chi connectivity index (χ0v) is 9.17. The van der Waals surface area contributed by atoms with Gasteiger partial charge < -0.3 is 5.73 Å². The Hall–Kier alpha value is -1.61. The highest BCUT2D eigenvalue weighted by molar-refractivity contribution is 7.10. The van der Waals surface area contributed by atoms with Crippen molar-refractivity contribution in [2.75, 3.05) is 5.73 Å². The lowest BCUT2D eigenvalue weighted by molar-refractivity contribution is 0.104. The molecule has 1 heterocycles. The number of nitrogens with two attached hydrogens (primary N) is 1. The largest absolute Gasteiger partial charge is 0.398 e. The van der Waals surface area contributed by atoms with Crippen molar-refractivity contribution in [3.05, 3.63) is 51.7 Å². The first-order valence-electron chi connectivity index (χ1n) is 4.63. The van der Waals surface area contributed by atoms with E-state index in [2.05, 4.69) is 0 Å².